The summed E-state index contributed by atoms with van der Waals surface area (Å²) in [6, 6.07) is 17.0. The summed E-state index contributed by atoms with van der Waals surface area (Å²) in [4.78, 5) is 18.5. The molecule has 39 heavy (non-hydrogen) atoms. The molecule has 1 aromatic heterocycles. The van der Waals surface area contributed by atoms with Crippen molar-refractivity contribution in [1.82, 2.24) is 15.2 Å². The number of likely N-dealkylation sites (N-methyl/N-ethyl adjacent to an activating group) is 1. The van der Waals surface area contributed by atoms with Crippen molar-refractivity contribution < 1.29 is 13.2 Å². The van der Waals surface area contributed by atoms with E-state index in [0.717, 1.165) is 5.56 Å². The Morgan fingerprint density at radius 1 is 0.974 bits per heavy atom. The molecule has 0 fully saturated rings. The molecule has 0 saturated carbocycles. The number of halogens is 2. The minimum absolute atomic E-state index is 0.0924. The van der Waals surface area contributed by atoms with Gasteiger partial charge < -0.3 is 15.2 Å². The van der Waals surface area contributed by atoms with E-state index in [1.807, 2.05) is 31.1 Å². The van der Waals surface area contributed by atoms with Crippen LogP contribution >= 0.6 is 23.2 Å². The molecule has 1 amide bonds. The highest BCUT2D eigenvalue weighted by Gasteiger charge is 2.23. The van der Waals surface area contributed by atoms with Crippen LogP contribution in [0.5, 0.6) is 0 Å². The van der Waals surface area contributed by atoms with Gasteiger partial charge in [-0.25, -0.2) is 8.42 Å². The predicted octanol–water partition coefficient (Wildman–Crippen LogP) is 6.53. The summed E-state index contributed by atoms with van der Waals surface area (Å²) >= 11 is 12.7. The van der Waals surface area contributed by atoms with Gasteiger partial charge >= 0.3 is 0 Å². The molecule has 10 heteroatoms. The smallest absolute Gasteiger partial charge is 0.268 e. The summed E-state index contributed by atoms with van der Waals surface area (Å²) in [5.41, 5.74) is 3.44. The predicted molar refractivity (Wildman–Crippen MR) is 161 cm³/mol. The highest BCUT2D eigenvalue weighted by atomic mass is 35.5. The molecule has 0 unspecified atom stereocenters. The summed E-state index contributed by atoms with van der Waals surface area (Å²) in [5.74, 6) is -0.296. The van der Waals surface area contributed by atoms with Gasteiger partial charge in [0, 0.05) is 50.9 Å². The largest absolute Gasteiger partial charge is 0.350 e. The second kappa shape index (κ2) is 11.2. The van der Waals surface area contributed by atoms with E-state index in [4.69, 9.17) is 23.2 Å². The van der Waals surface area contributed by atoms with Crippen molar-refractivity contribution in [2.45, 2.75) is 31.1 Å². The van der Waals surface area contributed by atoms with Crippen molar-refractivity contribution in [3.8, 4) is 11.1 Å². The SMILES string of the molecule is CN(C)CCNC(=O)c1[nH]c2ccc(NS(=O)(=O)c3ccc(C(C)(C)C)cc3)cc2c1-c1ccc(Cl)cc1Cl. The lowest BCUT2D eigenvalue weighted by Gasteiger charge is -2.19. The van der Waals surface area contributed by atoms with Gasteiger partial charge in [0.25, 0.3) is 15.9 Å². The van der Waals surface area contributed by atoms with E-state index in [0.29, 0.717) is 56.5 Å². The molecule has 0 aliphatic rings. The van der Waals surface area contributed by atoms with E-state index in [2.05, 4.69) is 35.8 Å². The van der Waals surface area contributed by atoms with Gasteiger partial charge in [0.05, 0.1) is 4.90 Å². The topological polar surface area (TPSA) is 94.3 Å². The van der Waals surface area contributed by atoms with E-state index < -0.39 is 10.0 Å². The van der Waals surface area contributed by atoms with Crippen LogP contribution in [-0.4, -0.2) is 51.4 Å². The second-order valence-electron chi connectivity index (χ2n) is 10.7. The molecular weight excluding hydrogens is 555 g/mol. The summed E-state index contributed by atoms with van der Waals surface area (Å²) in [7, 11) is -0.000614. The number of benzene rings is 3. The summed E-state index contributed by atoms with van der Waals surface area (Å²) < 4.78 is 29.1. The number of hydrogen-bond donors (Lipinski definition) is 3. The minimum atomic E-state index is -3.85. The van der Waals surface area contributed by atoms with E-state index in [1.54, 1.807) is 48.5 Å². The third kappa shape index (κ3) is 6.58. The fourth-order valence-corrected chi connectivity index (χ4v) is 5.78. The van der Waals surface area contributed by atoms with Crippen molar-refractivity contribution in [3.05, 3.63) is 82.0 Å². The molecule has 0 spiro atoms. The third-order valence-electron chi connectivity index (χ3n) is 6.35. The number of aromatic amines is 1. The molecule has 4 aromatic rings. The number of aromatic nitrogens is 1. The highest BCUT2D eigenvalue weighted by molar-refractivity contribution is 7.92. The molecule has 0 radical (unpaired) electrons. The number of fused-ring (bicyclic) bond motifs is 1. The average Bonchev–Trinajstić information content (AvgIpc) is 3.22. The number of rotatable bonds is 8. The number of sulfonamides is 1. The van der Waals surface area contributed by atoms with Crippen molar-refractivity contribution >= 4 is 55.7 Å². The first-order valence-corrected chi connectivity index (χ1v) is 14.7. The van der Waals surface area contributed by atoms with Gasteiger partial charge in [-0.1, -0.05) is 62.2 Å². The first kappa shape index (κ1) is 29.0. The lowest BCUT2D eigenvalue weighted by atomic mass is 9.87. The fraction of sp³-hybridized carbons (Fsp3) is 0.276. The Kier molecular flexibility index (Phi) is 8.33. The maximum atomic E-state index is 13.2. The zero-order valence-corrected chi connectivity index (χ0v) is 24.9. The zero-order chi connectivity index (χ0) is 28.5. The van der Waals surface area contributed by atoms with Gasteiger partial charge in [-0.05, 0) is 67.5 Å². The average molecular weight is 588 g/mol. The Bertz CT molecular complexity index is 1620. The van der Waals surface area contributed by atoms with Gasteiger partial charge in [-0.2, -0.15) is 0 Å². The van der Waals surface area contributed by atoms with E-state index in [-0.39, 0.29) is 16.2 Å². The first-order chi connectivity index (χ1) is 18.3. The van der Waals surface area contributed by atoms with Gasteiger partial charge in [-0.15, -0.1) is 0 Å². The van der Waals surface area contributed by atoms with Gasteiger partial charge in [0.15, 0.2) is 0 Å². The molecule has 4 rings (SSSR count). The van der Waals surface area contributed by atoms with E-state index in [1.165, 1.54) is 0 Å². The summed E-state index contributed by atoms with van der Waals surface area (Å²) in [5, 5.41) is 4.40. The maximum absolute atomic E-state index is 13.2. The zero-order valence-electron chi connectivity index (χ0n) is 22.5. The quantitative estimate of drug-likeness (QED) is 0.219. The molecule has 3 aromatic carbocycles. The maximum Gasteiger partial charge on any atom is 0.268 e. The van der Waals surface area contributed by atoms with Gasteiger partial charge in [0.1, 0.15) is 5.69 Å². The molecular formula is C29H32Cl2N4O3S. The molecule has 206 valence electrons. The van der Waals surface area contributed by atoms with Crippen LogP contribution in [0.1, 0.15) is 36.8 Å². The van der Waals surface area contributed by atoms with Crippen molar-refractivity contribution in [1.29, 1.82) is 0 Å². The lowest BCUT2D eigenvalue weighted by molar-refractivity contribution is 0.0947. The molecule has 0 aliphatic heterocycles. The van der Waals surface area contributed by atoms with Crippen LogP contribution in [0.15, 0.2) is 65.6 Å². The normalized spacial score (nSPS) is 12.2. The molecule has 1 heterocycles. The van der Waals surface area contributed by atoms with Crippen LogP contribution in [0.2, 0.25) is 10.0 Å². The summed E-state index contributed by atoms with van der Waals surface area (Å²) in [6.45, 7) is 7.34. The van der Waals surface area contributed by atoms with Crippen LogP contribution in [0.4, 0.5) is 5.69 Å². The van der Waals surface area contributed by atoms with E-state index >= 15 is 0 Å². The second-order valence-corrected chi connectivity index (χ2v) is 13.2. The number of nitrogens with zero attached hydrogens (tertiary/aromatic N) is 1. The van der Waals surface area contributed by atoms with Gasteiger partial charge in [-0.3, -0.25) is 9.52 Å². The number of hydrogen-bond acceptors (Lipinski definition) is 4. The Balaban J connectivity index is 1.76. The van der Waals surface area contributed by atoms with Crippen molar-refractivity contribution in [2.24, 2.45) is 0 Å². The number of nitrogens with one attached hydrogen (secondary N) is 3. The monoisotopic (exact) mass is 586 g/mol. The number of carbonyl (C=O) groups is 1. The standard InChI is InChI=1S/C29H32Cl2N4O3S/c1-29(2,3)18-6-10-21(11-7-18)39(37,38)34-20-9-13-25-23(17-20)26(22-12-8-19(30)16-24(22)31)27(33-25)28(36)32-14-15-35(4)5/h6-13,16-17,33-34H,14-15H2,1-5H3,(H,32,36). The highest BCUT2D eigenvalue weighted by Crippen LogP contribution is 2.39. The molecule has 0 bridgehead atoms. The fourth-order valence-electron chi connectivity index (χ4n) is 4.23. The van der Waals surface area contributed by atoms with Crippen LogP contribution in [0, 0.1) is 0 Å². The molecule has 0 aliphatic carbocycles. The molecule has 3 N–H and O–H groups in total. The van der Waals surface area contributed by atoms with Crippen molar-refractivity contribution in [2.75, 3.05) is 31.9 Å². The number of carbonyl (C=O) groups excluding carboxylic acids is 1. The Morgan fingerprint density at radius 2 is 1.67 bits per heavy atom. The number of H-pyrrole nitrogens is 1. The molecule has 0 saturated heterocycles. The number of amides is 1. The first-order valence-electron chi connectivity index (χ1n) is 12.4. The van der Waals surface area contributed by atoms with E-state index in [9.17, 15) is 13.2 Å². The molecule has 0 atom stereocenters. The minimum Gasteiger partial charge on any atom is -0.350 e. The van der Waals surface area contributed by atoms with Gasteiger partial charge in [0.2, 0.25) is 0 Å². The van der Waals surface area contributed by atoms with Crippen LogP contribution < -0.4 is 10.0 Å². The lowest BCUT2D eigenvalue weighted by Crippen LogP contribution is -2.31. The third-order valence-corrected chi connectivity index (χ3v) is 8.30. The Hall–Kier alpha value is -3.04. The Morgan fingerprint density at radius 3 is 2.28 bits per heavy atom. The van der Waals surface area contributed by atoms with Crippen LogP contribution in [0.25, 0.3) is 22.0 Å². The number of anilines is 1. The van der Waals surface area contributed by atoms with Crippen LogP contribution in [-0.2, 0) is 15.4 Å². The van der Waals surface area contributed by atoms with Crippen molar-refractivity contribution in [3.63, 3.8) is 0 Å². The Labute approximate surface area is 239 Å². The molecule has 7 nitrogen and oxygen atoms in total. The summed E-state index contributed by atoms with van der Waals surface area (Å²) in [6.07, 6.45) is 0. The van der Waals surface area contributed by atoms with Crippen LogP contribution in [0.3, 0.4) is 0 Å².